The molecule has 2 rings (SSSR count). The van der Waals surface area contributed by atoms with Crippen molar-refractivity contribution >= 4 is 29.3 Å². The maximum atomic E-state index is 12.0. The lowest BCUT2D eigenvalue weighted by Gasteiger charge is -2.27. The molecule has 6 atom stereocenters. The fourth-order valence-corrected chi connectivity index (χ4v) is 5.44. The van der Waals surface area contributed by atoms with Crippen LogP contribution >= 0.6 is 23.5 Å². The number of aromatic nitrogens is 2. The molecule has 0 radical (unpaired) electrons. The van der Waals surface area contributed by atoms with Gasteiger partial charge in [-0.1, -0.05) is 5.11 Å². The molecule has 0 spiro atoms. The lowest BCUT2D eigenvalue weighted by molar-refractivity contribution is -0.123. The molecular formula is C9H15N6O14P3. The maximum Gasteiger partial charge on any atom is 0.490 e. The van der Waals surface area contributed by atoms with Crippen LogP contribution in [-0.4, -0.2) is 63.9 Å². The van der Waals surface area contributed by atoms with Gasteiger partial charge in [-0.05, 0) is 11.6 Å². The number of nitrogens with zero attached hydrogens (tertiary/aromatic N) is 5. The standard InChI is InChI=1S/C9H15N6O14P3/c10-4-1-2-15(8(18)12-4)7-5(16)6(17)9(27-7,13-14-11)3-26-31(22,23)29-32(24,25)28-30(19,20)21/h1-2,5-7,16-17H,3H2,(H,22,23)(H,24,25)(H2,10,12,18)(H2,19,20,21)/t5-,6+,7-,9?/m1/s1. The van der Waals surface area contributed by atoms with Crippen molar-refractivity contribution < 1.29 is 61.4 Å². The van der Waals surface area contributed by atoms with Crippen molar-refractivity contribution in [2.24, 2.45) is 5.11 Å². The smallest absolute Gasteiger partial charge is 0.387 e. The molecule has 1 aromatic heterocycles. The quantitative estimate of drug-likeness (QED) is 0.0829. The SMILES string of the molecule is [N-]=[N+]=NC1(COP(=O)(O)OP(=O)(O)OP(=O)(O)O)O[C@@H](n2ccc(N)nc2=O)[C@H](O)[C@@H]1O. The van der Waals surface area contributed by atoms with Crippen LogP contribution in [0.1, 0.15) is 6.23 Å². The molecule has 1 aromatic rings. The summed E-state index contributed by atoms with van der Waals surface area (Å²) in [5, 5.41) is 23.6. The first kappa shape index (κ1) is 26.5. The minimum Gasteiger partial charge on any atom is -0.387 e. The van der Waals surface area contributed by atoms with Crippen molar-refractivity contribution in [2.75, 3.05) is 12.3 Å². The van der Waals surface area contributed by atoms with Gasteiger partial charge < -0.3 is 40.3 Å². The van der Waals surface area contributed by atoms with Gasteiger partial charge in [-0.2, -0.15) is 13.6 Å². The average Bonchev–Trinajstić information content (AvgIpc) is 2.83. The Bertz CT molecular complexity index is 1120. The Morgan fingerprint density at radius 3 is 2.41 bits per heavy atom. The lowest BCUT2D eigenvalue weighted by atomic mass is 10.1. The second-order valence-corrected chi connectivity index (χ2v) is 10.3. The van der Waals surface area contributed by atoms with Gasteiger partial charge in [0.05, 0.1) is 6.61 Å². The number of aliphatic hydroxyl groups excluding tert-OH is 2. The fraction of sp³-hybridized carbons (Fsp3) is 0.556. The largest absolute Gasteiger partial charge is 0.490 e. The van der Waals surface area contributed by atoms with E-state index in [0.29, 0.717) is 4.57 Å². The van der Waals surface area contributed by atoms with Gasteiger partial charge in [-0.3, -0.25) is 9.09 Å². The number of nitrogen functional groups attached to an aromatic ring is 1. The average molecular weight is 524 g/mol. The summed E-state index contributed by atoms with van der Waals surface area (Å²) in [6, 6.07) is 1.11. The van der Waals surface area contributed by atoms with Gasteiger partial charge in [0, 0.05) is 11.1 Å². The van der Waals surface area contributed by atoms with Crippen LogP contribution in [-0.2, 0) is 31.6 Å². The zero-order valence-electron chi connectivity index (χ0n) is 15.2. The Kier molecular flexibility index (Phi) is 7.68. The van der Waals surface area contributed by atoms with E-state index in [1.54, 1.807) is 0 Å². The highest BCUT2D eigenvalue weighted by Gasteiger charge is 2.56. The molecule has 180 valence electrons. The van der Waals surface area contributed by atoms with Gasteiger partial charge in [0.2, 0.25) is 5.72 Å². The number of rotatable bonds is 9. The van der Waals surface area contributed by atoms with E-state index in [1.165, 1.54) is 0 Å². The maximum absolute atomic E-state index is 12.0. The molecule has 1 aliphatic heterocycles. The first-order valence-electron chi connectivity index (χ1n) is 7.74. The number of hydrogen-bond acceptors (Lipinski definition) is 13. The summed E-state index contributed by atoms with van der Waals surface area (Å²) in [4.78, 5) is 53.3. The lowest BCUT2D eigenvalue weighted by Crippen LogP contribution is -2.44. The third-order valence-electron chi connectivity index (χ3n) is 3.59. The van der Waals surface area contributed by atoms with Crippen molar-refractivity contribution in [3.05, 3.63) is 33.2 Å². The van der Waals surface area contributed by atoms with Crippen LogP contribution in [0, 0.1) is 0 Å². The van der Waals surface area contributed by atoms with E-state index in [4.69, 9.17) is 30.7 Å². The van der Waals surface area contributed by atoms with Crippen LogP contribution in [0.15, 0.2) is 22.2 Å². The zero-order valence-corrected chi connectivity index (χ0v) is 17.9. The molecule has 0 amide bonds. The normalized spacial score (nSPS) is 29.6. The predicted molar refractivity (Wildman–Crippen MR) is 96.7 cm³/mol. The molecule has 32 heavy (non-hydrogen) atoms. The molecule has 23 heteroatoms. The van der Waals surface area contributed by atoms with E-state index in [-0.39, 0.29) is 5.82 Å². The number of phosphoric ester groups is 1. The van der Waals surface area contributed by atoms with Crippen molar-refractivity contribution in [2.45, 2.75) is 24.2 Å². The van der Waals surface area contributed by atoms with E-state index >= 15 is 0 Å². The van der Waals surface area contributed by atoms with Crippen LogP contribution in [0.25, 0.3) is 10.4 Å². The summed E-state index contributed by atoms with van der Waals surface area (Å²) >= 11 is 0. The Morgan fingerprint density at radius 2 is 1.88 bits per heavy atom. The molecule has 3 unspecified atom stereocenters. The predicted octanol–water partition coefficient (Wildman–Crippen LogP) is -1.57. The van der Waals surface area contributed by atoms with Crippen molar-refractivity contribution in [1.82, 2.24) is 9.55 Å². The highest BCUT2D eigenvalue weighted by atomic mass is 31.3. The van der Waals surface area contributed by atoms with Gasteiger partial charge >= 0.3 is 29.2 Å². The molecule has 1 fully saturated rings. The van der Waals surface area contributed by atoms with Crippen LogP contribution in [0.5, 0.6) is 0 Å². The number of aliphatic hydroxyl groups is 2. The minimum atomic E-state index is -5.86. The molecule has 0 aliphatic carbocycles. The minimum absolute atomic E-state index is 0.201. The van der Waals surface area contributed by atoms with Crippen LogP contribution in [0.3, 0.4) is 0 Å². The molecule has 1 saturated heterocycles. The van der Waals surface area contributed by atoms with Gasteiger partial charge in [0.25, 0.3) is 0 Å². The van der Waals surface area contributed by atoms with E-state index < -0.39 is 59.9 Å². The molecule has 8 N–H and O–H groups in total. The van der Waals surface area contributed by atoms with E-state index in [0.717, 1.165) is 12.3 Å². The van der Waals surface area contributed by atoms with Gasteiger partial charge in [-0.15, -0.1) is 0 Å². The Hall–Kier alpha value is -1.72. The first-order valence-corrected chi connectivity index (χ1v) is 12.3. The highest BCUT2D eigenvalue weighted by molar-refractivity contribution is 7.66. The van der Waals surface area contributed by atoms with Crippen LogP contribution < -0.4 is 11.4 Å². The number of nitrogens with two attached hydrogens (primary N) is 1. The topological polar surface area (TPSA) is 319 Å². The number of azide groups is 1. The van der Waals surface area contributed by atoms with Crippen LogP contribution in [0.4, 0.5) is 5.82 Å². The number of phosphoric acid groups is 3. The molecule has 2 heterocycles. The Balaban J connectivity index is 2.28. The molecule has 0 aromatic carbocycles. The summed E-state index contributed by atoms with van der Waals surface area (Å²) in [6.45, 7) is -1.44. The monoisotopic (exact) mass is 524 g/mol. The number of anilines is 1. The van der Waals surface area contributed by atoms with Crippen LogP contribution in [0.2, 0.25) is 0 Å². The summed E-state index contributed by atoms with van der Waals surface area (Å²) < 4.78 is 51.0. The molecule has 0 bridgehead atoms. The molecule has 0 saturated carbocycles. The molecule has 20 nitrogen and oxygen atoms in total. The molecule has 1 aliphatic rings. The van der Waals surface area contributed by atoms with Crippen molar-refractivity contribution in [3.63, 3.8) is 0 Å². The third kappa shape index (κ3) is 6.41. The number of ether oxygens (including phenoxy) is 1. The highest BCUT2D eigenvalue weighted by Crippen LogP contribution is 2.66. The Labute approximate surface area is 175 Å². The van der Waals surface area contributed by atoms with E-state index in [2.05, 4.69) is 28.2 Å². The summed E-state index contributed by atoms with van der Waals surface area (Å²) in [5.74, 6) is -0.201. The Morgan fingerprint density at radius 1 is 1.25 bits per heavy atom. The zero-order chi connectivity index (χ0) is 24.5. The van der Waals surface area contributed by atoms with Gasteiger partial charge in [-0.25, -0.2) is 18.5 Å². The van der Waals surface area contributed by atoms with E-state index in [9.17, 15) is 33.6 Å². The second-order valence-electron chi connectivity index (χ2n) is 5.88. The second kappa shape index (κ2) is 9.26. The summed E-state index contributed by atoms with van der Waals surface area (Å²) in [6.07, 6.45) is -4.99. The summed E-state index contributed by atoms with van der Waals surface area (Å²) in [7, 11) is -17.2. The molecular weight excluding hydrogens is 509 g/mol. The summed E-state index contributed by atoms with van der Waals surface area (Å²) in [5.41, 5.74) is 10.3. The van der Waals surface area contributed by atoms with Crippen molar-refractivity contribution in [1.29, 1.82) is 0 Å². The van der Waals surface area contributed by atoms with E-state index in [1.807, 2.05) is 0 Å². The van der Waals surface area contributed by atoms with Gasteiger partial charge in [0.1, 0.15) is 18.0 Å². The first-order chi connectivity index (χ1) is 14.5. The van der Waals surface area contributed by atoms with Gasteiger partial charge in [0.15, 0.2) is 6.23 Å². The number of hydrogen-bond donors (Lipinski definition) is 7. The fourth-order valence-electron chi connectivity index (χ4n) is 2.40. The van der Waals surface area contributed by atoms with Crippen molar-refractivity contribution in [3.8, 4) is 0 Å². The third-order valence-corrected chi connectivity index (χ3v) is 7.38.